The fourth-order valence-electron chi connectivity index (χ4n) is 5.47. The van der Waals surface area contributed by atoms with Gasteiger partial charge < -0.3 is 31.9 Å². The van der Waals surface area contributed by atoms with E-state index in [1.807, 2.05) is 0 Å². The molecule has 4 atom stereocenters. The summed E-state index contributed by atoms with van der Waals surface area (Å²) in [5.41, 5.74) is 5.39. The summed E-state index contributed by atoms with van der Waals surface area (Å²) in [7, 11) is 0. The minimum Gasteiger partial charge on any atom is -0.480 e. The van der Waals surface area contributed by atoms with Gasteiger partial charge in [0.1, 0.15) is 12.1 Å². The van der Waals surface area contributed by atoms with Crippen LogP contribution in [0.25, 0.3) is 0 Å². The minimum atomic E-state index is -4.63. The molecule has 0 aromatic rings. The van der Waals surface area contributed by atoms with Gasteiger partial charge in [0.15, 0.2) is 11.2 Å². The molecule has 16 heteroatoms. The maximum atomic E-state index is 13.3. The third-order valence-electron chi connectivity index (χ3n) is 8.33. The smallest absolute Gasteiger partial charge is 0.417 e. The molecule has 43 heavy (non-hydrogen) atoms. The Morgan fingerprint density at radius 1 is 0.628 bits per heavy atom. The highest BCUT2D eigenvalue weighted by molar-refractivity contribution is 7.99. The topological polar surface area (TPSA) is 167 Å². The molecule has 2 rings (SSSR count). The third-order valence-corrected chi connectivity index (χ3v) is 10.4. The van der Waals surface area contributed by atoms with E-state index in [4.69, 9.17) is 21.7 Å². The van der Waals surface area contributed by atoms with Crippen molar-refractivity contribution in [3.05, 3.63) is 0 Å². The largest absolute Gasteiger partial charge is 0.480 e. The first-order valence-electron chi connectivity index (χ1n) is 14.6. The molecule has 2 fully saturated rings. The van der Waals surface area contributed by atoms with E-state index in [0.717, 1.165) is 32.1 Å². The first kappa shape index (κ1) is 40.1. The molecule has 2 aliphatic carbocycles. The molecule has 4 unspecified atom stereocenters. The quantitative estimate of drug-likeness (QED) is 0.0950. The molecule has 0 spiro atoms. The average molecular weight is 673 g/mol. The number of hydrogen-bond donors (Lipinski definition) is 6. The number of hydrogen-bond acceptors (Lipinski definition) is 8. The second kappa shape index (κ2) is 18.3. The molecular weight excluding hydrogens is 626 g/mol. The van der Waals surface area contributed by atoms with Crippen LogP contribution in [0.5, 0.6) is 0 Å². The summed E-state index contributed by atoms with van der Waals surface area (Å²) in [6.07, 6.45) is -4.10. The van der Waals surface area contributed by atoms with Crippen molar-refractivity contribution in [1.29, 1.82) is 0 Å². The Labute approximate surface area is 257 Å². The lowest BCUT2D eigenvalue weighted by atomic mass is 9.75. The Kier molecular flexibility index (Phi) is 17.0. The molecule has 0 bridgehead atoms. The van der Waals surface area contributed by atoms with E-state index >= 15 is 0 Å². The van der Waals surface area contributed by atoms with Crippen LogP contribution < -0.4 is 11.5 Å². The number of nitrogens with two attached hydrogens (primary N) is 2. The molecule has 0 radical (unpaired) electrons. The Morgan fingerprint density at radius 3 is 1.21 bits per heavy atom. The number of rotatable bonds is 16. The highest BCUT2D eigenvalue weighted by Crippen LogP contribution is 2.47. The summed E-state index contributed by atoms with van der Waals surface area (Å²) in [5.74, 6) is -2.68. The molecule has 8 nitrogen and oxygen atoms in total. The van der Waals surface area contributed by atoms with E-state index in [0.29, 0.717) is 37.2 Å². The molecule has 254 valence electrons. The number of halogens is 6. The third kappa shape index (κ3) is 12.8. The zero-order valence-electron chi connectivity index (χ0n) is 24.2. The number of carboxylic acid groups (broad SMARTS) is 2. The van der Waals surface area contributed by atoms with Gasteiger partial charge in [-0.3, -0.25) is 9.59 Å². The lowest BCUT2D eigenvalue weighted by Gasteiger charge is -2.39. The van der Waals surface area contributed by atoms with Crippen LogP contribution in [0.2, 0.25) is 0 Å². The van der Waals surface area contributed by atoms with Crippen molar-refractivity contribution in [3.63, 3.8) is 0 Å². The number of thioether (sulfide) groups is 2. The average Bonchev–Trinajstić information content (AvgIpc) is 3.47. The number of aliphatic hydroxyl groups is 2. The molecule has 0 saturated heterocycles. The summed E-state index contributed by atoms with van der Waals surface area (Å²) in [5, 5.41) is 37.5. The molecule has 0 aromatic heterocycles. The van der Waals surface area contributed by atoms with Crippen molar-refractivity contribution >= 4 is 35.5 Å². The molecule has 0 heterocycles. The van der Waals surface area contributed by atoms with Gasteiger partial charge in [-0.25, -0.2) is 0 Å². The monoisotopic (exact) mass is 672 g/mol. The van der Waals surface area contributed by atoms with Gasteiger partial charge in [0, 0.05) is 0 Å². The van der Waals surface area contributed by atoms with E-state index in [2.05, 4.69) is 0 Å². The zero-order valence-corrected chi connectivity index (χ0v) is 25.8. The lowest BCUT2D eigenvalue weighted by molar-refractivity contribution is -0.283. The molecule has 0 amide bonds. The van der Waals surface area contributed by atoms with E-state index in [1.165, 1.54) is 23.5 Å². The standard InChI is InChI=1S/C14H24F3NO3S.C13H22F3NO3S/c15-14(16,17)13(21,10-4-2-1-3-5-10)7-9-22-8-6-11(18)12(19)20;14-13(15,16)12(20,9-3-1-2-4-9)6-8-21-7-5-10(17)11(18)19/h10-11,21H,1-9,18H2,(H,19,20);9-10,20H,1-8,17H2,(H,18,19). The first-order valence-corrected chi connectivity index (χ1v) is 16.9. The van der Waals surface area contributed by atoms with E-state index in [-0.39, 0.29) is 37.2 Å². The second-order valence-electron chi connectivity index (χ2n) is 11.4. The van der Waals surface area contributed by atoms with E-state index in [1.54, 1.807) is 0 Å². The predicted molar refractivity (Wildman–Crippen MR) is 155 cm³/mol. The van der Waals surface area contributed by atoms with Crippen LogP contribution in [-0.2, 0) is 9.59 Å². The maximum absolute atomic E-state index is 13.3. The fourth-order valence-corrected chi connectivity index (χ4v) is 7.63. The van der Waals surface area contributed by atoms with Crippen molar-refractivity contribution in [2.24, 2.45) is 23.3 Å². The SMILES string of the molecule is NC(CCSCCC(O)(C1CCCC1)C(F)(F)F)C(=O)O.NC(CCSCCC(O)(C1CCCCC1)C(F)(F)F)C(=O)O. The Hall–Kier alpha value is -0.940. The van der Waals surface area contributed by atoms with Crippen LogP contribution in [0.3, 0.4) is 0 Å². The Balaban J connectivity index is 0.000000430. The van der Waals surface area contributed by atoms with Gasteiger partial charge in [-0.2, -0.15) is 49.9 Å². The molecule has 0 aliphatic heterocycles. The van der Waals surface area contributed by atoms with Gasteiger partial charge >= 0.3 is 24.3 Å². The second-order valence-corrected chi connectivity index (χ2v) is 13.8. The van der Waals surface area contributed by atoms with Gasteiger partial charge in [0.05, 0.1) is 0 Å². The first-order chi connectivity index (χ1) is 19.9. The van der Waals surface area contributed by atoms with Crippen LogP contribution >= 0.6 is 23.5 Å². The summed E-state index contributed by atoms with van der Waals surface area (Å²) in [6, 6.07) is -1.99. The predicted octanol–water partition coefficient (Wildman–Crippen LogP) is 5.18. The van der Waals surface area contributed by atoms with Crippen LogP contribution in [0.1, 0.15) is 83.5 Å². The molecule has 2 aliphatic rings. The Bertz CT molecular complexity index is 844. The molecule has 2 saturated carbocycles. The molecule has 0 aromatic carbocycles. The number of carbonyl (C=O) groups is 2. The number of carboxylic acids is 2. The van der Waals surface area contributed by atoms with Crippen LogP contribution in [0, 0.1) is 11.8 Å². The number of alkyl halides is 6. The van der Waals surface area contributed by atoms with Crippen LogP contribution in [0.15, 0.2) is 0 Å². The summed E-state index contributed by atoms with van der Waals surface area (Å²) in [6.45, 7) is 0. The normalized spacial score (nSPS) is 21.3. The maximum Gasteiger partial charge on any atom is 0.417 e. The van der Waals surface area contributed by atoms with Gasteiger partial charge in [-0.05, 0) is 86.2 Å². The van der Waals surface area contributed by atoms with Gasteiger partial charge in [0.2, 0.25) is 0 Å². The Morgan fingerprint density at radius 2 is 0.930 bits per heavy atom. The van der Waals surface area contributed by atoms with Gasteiger partial charge in [-0.1, -0.05) is 32.1 Å². The van der Waals surface area contributed by atoms with Crippen molar-refractivity contribution in [2.75, 3.05) is 23.0 Å². The summed E-state index contributed by atoms with van der Waals surface area (Å²) in [4.78, 5) is 21.0. The van der Waals surface area contributed by atoms with E-state index in [9.17, 15) is 46.1 Å². The van der Waals surface area contributed by atoms with Crippen LogP contribution in [-0.4, -0.2) is 91.0 Å². The molecule has 8 N–H and O–H groups in total. The summed E-state index contributed by atoms with van der Waals surface area (Å²) >= 11 is 2.40. The lowest BCUT2D eigenvalue weighted by Crippen LogP contribution is -2.52. The van der Waals surface area contributed by atoms with Gasteiger partial charge in [0.25, 0.3) is 0 Å². The highest BCUT2D eigenvalue weighted by Gasteiger charge is 2.58. The zero-order chi connectivity index (χ0) is 32.9. The van der Waals surface area contributed by atoms with E-state index < -0.39 is 59.4 Å². The van der Waals surface area contributed by atoms with Crippen molar-refractivity contribution in [1.82, 2.24) is 0 Å². The summed E-state index contributed by atoms with van der Waals surface area (Å²) < 4.78 is 79.3. The number of aliphatic carboxylic acids is 2. The fraction of sp³-hybridized carbons (Fsp3) is 0.926. The highest BCUT2D eigenvalue weighted by atomic mass is 32.2. The minimum absolute atomic E-state index is 0.138. The van der Waals surface area contributed by atoms with Crippen molar-refractivity contribution in [3.8, 4) is 0 Å². The molecular formula is C27H46F6N2O6S2. The van der Waals surface area contributed by atoms with Gasteiger partial charge in [-0.15, -0.1) is 0 Å². The van der Waals surface area contributed by atoms with Crippen LogP contribution in [0.4, 0.5) is 26.3 Å². The van der Waals surface area contributed by atoms with Crippen molar-refractivity contribution in [2.45, 2.75) is 119 Å². The van der Waals surface area contributed by atoms with Crippen molar-refractivity contribution < 1.29 is 56.4 Å².